The summed E-state index contributed by atoms with van der Waals surface area (Å²) in [5.41, 5.74) is 0.126. The van der Waals surface area contributed by atoms with Crippen molar-refractivity contribution in [2.45, 2.75) is 45.6 Å². The SMILES string of the molecule is CNCC(C)(C)c1ccnn1C(=O)OC(C)(C)C. The first kappa shape index (κ1) is 14.7. The second-order valence-corrected chi connectivity index (χ2v) is 6.02. The maximum atomic E-state index is 12.1. The first-order valence-corrected chi connectivity index (χ1v) is 6.10. The van der Waals surface area contributed by atoms with E-state index in [4.69, 9.17) is 4.74 Å². The lowest BCUT2D eigenvalue weighted by atomic mass is 9.89. The van der Waals surface area contributed by atoms with Gasteiger partial charge in [-0.1, -0.05) is 13.8 Å². The molecule has 0 aromatic carbocycles. The normalized spacial score (nSPS) is 12.6. The Labute approximate surface area is 109 Å². The molecule has 0 bridgehead atoms. The zero-order valence-corrected chi connectivity index (χ0v) is 12.1. The summed E-state index contributed by atoms with van der Waals surface area (Å²) >= 11 is 0. The van der Waals surface area contributed by atoms with E-state index in [9.17, 15) is 4.79 Å². The van der Waals surface area contributed by atoms with E-state index in [1.807, 2.05) is 33.9 Å². The summed E-state index contributed by atoms with van der Waals surface area (Å²) < 4.78 is 6.67. The third-order valence-corrected chi connectivity index (χ3v) is 2.52. The monoisotopic (exact) mass is 253 g/mol. The predicted molar refractivity (Wildman–Crippen MR) is 70.8 cm³/mol. The topological polar surface area (TPSA) is 56.2 Å². The zero-order chi connectivity index (χ0) is 14.0. The Bertz CT molecular complexity index is 416. The molecule has 0 radical (unpaired) electrons. The van der Waals surface area contributed by atoms with Gasteiger partial charge in [0.05, 0.1) is 5.69 Å². The average molecular weight is 253 g/mol. The Morgan fingerprint density at radius 2 is 2.00 bits per heavy atom. The highest BCUT2D eigenvalue weighted by Crippen LogP contribution is 2.22. The van der Waals surface area contributed by atoms with Crippen molar-refractivity contribution in [2.75, 3.05) is 13.6 Å². The number of nitrogens with one attached hydrogen (secondary N) is 1. The smallest absolute Gasteiger partial charge is 0.435 e. The molecule has 102 valence electrons. The molecule has 0 aliphatic heterocycles. The van der Waals surface area contributed by atoms with Crippen LogP contribution in [0.3, 0.4) is 0 Å². The van der Waals surface area contributed by atoms with Crippen molar-refractivity contribution in [1.29, 1.82) is 0 Å². The number of carbonyl (C=O) groups excluding carboxylic acids is 1. The molecule has 1 aromatic heterocycles. The molecule has 0 fully saturated rings. The molecule has 0 unspecified atom stereocenters. The Kier molecular flexibility index (Phi) is 4.16. The molecule has 0 spiro atoms. The number of hydrogen-bond donors (Lipinski definition) is 1. The number of hydrogen-bond acceptors (Lipinski definition) is 4. The van der Waals surface area contributed by atoms with E-state index in [2.05, 4.69) is 24.3 Å². The van der Waals surface area contributed by atoms with Gasteiger partial charge in [0, 0.05) is 18.2 Å². The predicted octanol–water partition coefficient (Wildman–Crippen LogP) is 2.16. The third-order valence-electron chi connectivity index (χ3n) is 2.52. The highest BCUT2D eigenvalue weighted by atomic mass is 16.6. The van der Waals surface area contributed by atoms with Gasteiger partial charge in [-0.25, -0.2) is 4.79 Å². The van der Waals surface area contributed by atoms with Crippen LogP contribution in [0.4, 0.5) is 4.79 Å². The molecule has 0 aliphatic rings. The Hall–Kier alpha value is -1.36. The van der Waals surface area contributed by atoms with Gasteiger partial charge >= 0.3 is 6.09 Å². The fraction of sp³-hybridized carbons (Fsp3) is 0.692. The maximum Gasteiger partial charge on any atom is 0.435 e. The maximum absolute atomic E-state index is 12.1. The van der Waals surface area contributed by atoms with Crippen molar-refractivity contribution >= 4 is 6.09 Å². The minimum absolute atomic E-state index is 0.192. The van der Waals surface area contributed by atoms with Gasteiger partial charge in [0.15, 0.2) is 0 Å². The first-order valence-electron chi connectivity index (χ1n) is 6.10. The lowest BCUT2D eigenvalue weighted by molar-refractivity contribution is 0.0503. The molecule has 5 nitrogen and oxygen atoms in total. The van der Waals surface area contributed by atoms with E-state index in [0.29, 0.717) is 0 Å². The number of nitrogens with zero attached hydrogens (tertiary/aromatic N) is 2. The van der Waals surface area contributed by atoms with Crippen molar-refractivity contribution in [3.8, 4) is 0 Å². The summed E-state index contributed by atoms with van der Waals surface area (Å²) in [4.78, 5) is 12.1. The van der Waals surface area contributed by atoms with Gasteiger partial charge in [-0.3, -0.25) is 0 Å². The molecule has 18 heavy (non-hydrogen) atoms. The largest absolute Gasteiger partial charge is 0.442 e. The van der Waals surface area contributed by atoms with E-state index in [1.54, 1.807) is 6.20 Å². The van der Waals surface area contributed by atoms with Crippen LogP contribution in [0.15, 0.2) is 12.3 Å². The van der Waals surface area contributed by atoms with Gasteiger partial charge in [0.1, 0.15) is 5.60 Å². The van der Waals surface area contributed by atoms with E-state index in [-0.39, 0.29) is 5.41 Å². The van der Waals surface area contributed by atoms with Crippen molar-refractivity contribution < 1.29 is 9.53 Å². The number of ether oxygens (including phenoxy) is 1. The highest BCUT2D eigenvalue weighted by molar-refractivity contribution is 5.71. The summed E-state index contributed by atoms with van der Waals surface area (Å²) in [5, 5.41) is 7.18. The standard InChI is InChI=1S/C13H23N3O2/c1-12(2,3)18-11(17)16-10(7-8-15-16)13(4,5)9-14-6/h7-8,14H,9H2,1-6H3. The van der Waals surface area contributed by atoms with Crippen LogP contribution in [0.2, 0.25) is 0 Å². The molecule has 0 saturated carbocycles. The molecular formula is C13H23N3O2. The van der Waals surface area contributed by atoms with Gasteiger partial charge in [-0.2, -0.15) is 9.78 Å². The molecule has 0 amide bonds. The molecule has 1 rings (SSSR count). The van der Waals surface area contributed by atoms with Gasteiger partial charge < -0.3 is 10.1 Å². The number of aromatic nitrogens is 2. The zero-order valence-electron chi connectivity index (χ0n) is 12.1. The Morgan fingerprint density at radius 1 is 1.39 bits per heavy atom. The van der Waals surface area contributed by atoms with Gasteiger partial charge in [-0.15, -0.1) is 0 Å². The molecule has 5 heteroatoms. The summed E-state index contributed by atoms with van der Waals surface area (Å²) in [7, 11) is 1.88. The quantitative estimate of drug-likeness (QED) is 0.897. The molecular weight excluding hydrogens is 230 g/mol. The molecule has 1 aromatic rings. The second-order valence-electron chi connectivity index (χ2n) is 6.02. The summed E-state index contributed by atoms with van der Waals surface area (Å²) in [6.07, 6.45) is 1.18. The van der Waals surface area contributed by atoms with Crippen LogP contribution in [0.1, 0.15) is 40.3 Å². The van der Waals surface area contributed by atoms with E-state index in [0.717, 1.165) is 12.2 Å². The number of rotatable bonds is 3. The van der Waals surface area contributed by atoms with Crippen LogP contribution in [0.25, 0.3) is 0 Å². The minimum Gasteiger partial charge on any atom is -0.442 e. The molecule has 0 atom stereocenters. The molecule has 0 aliphatic carbocycles. The van der Waals surface area contributed by atoms with Crippen LogP contribution in [0, 0.1) is 0 Å². The van der Waals surface area contributed by atoms with Crippen molar-refractivity contribution in [3.05, 3.63) is 18.0 Å². The van der Waals surface area contributed by atoms with Crippen LogP contribution in [-0.4, -0.2) is 35.1 Å². The van der Waals surface area contributed by atoms with Crippen molar-refractivity contribution in [3.63, 3.8) is 0 Å². The average Bonchev–Trinajstić information content (AvgIpc) is 2.63. The van der Waals surface area contributed by atoms with Crippen molar-refractivity contribution in [1.82, 2.24) is 15.1 Å². The number of likely N-dealkylation sites (N-methyl/N-ethyl adjacent to an activating group) is 1. The van der Waals surface area contributed by atoms with Gasteiger partial charge in [0.2, 0.25) is 0 Å². The second kappa shape index (κ2) is 5.10. The van der Waals surface area contributed by atoms with E-state index in [1.165, 1.54) is 4.68 Å². The van der Waals surface area contributed by atoms with Gasteiger partial charge in [0.25, 0.3) is 0 Å². The molecule has 0 saturated heterocycles. The Balaban J connectivity index is 2.99. The Morgan fingerprint density at radius 3 is 2.50 bits per heavy atom. The third kappa shape index (κ3) is 3.57. The molecule has 1 N–H and O–H groups in total. The fourth-order valence-corrected chi connectivity index (χ4v) is 1.80. The van der Waals surface area contributed by atoms with Crippen LogP contribution < -0.4 is 5.32 Å². The summed E-state index contributed by atoms with van der Waals surface area (Å²) in [6, 6.07) is 1.85. The highest BCUT2D eigenvalue weighted by Gasteiger charge is 2.28. The minimum atomic E-state index is -0.520. The summed E-state index contributed by atoms with van der Waals surface area (Å²) in [6.45, 7) is 10.4. The van der Waals surface area contributed by atoms with Crippen LogP contribution in [0.5, 0.6) is 0 Å². The van der Waals surface area contributed by atoms with Crippen LogP contribution >= 0.6 is 0 Å². The fourth-order valence-electron chi connectivity index (χ4n) is 1.80. The molecule has 1 heterocycles. The summed E-state index contributed by atoms with van der Waals surface area (Å²) in [5.74, 6) is 0. The van der Waals surface area contributed by atoms with E-state index >= 15 is 0 Å². The van der Waals surface area contributed by atoms with Crippen LogP contribution in [-0.2, 0) is 10.2 Å². The first-order chi connectivity index (χ1) is 8.17. The van der Waals surface area contributed by atoms with E-state index < -0.39 is 11.7 Å². The lowest BCUT2D eigenvalue weighted by Crippen LogP contribution is -2.36. The van der Waals surface area contributed by atoms with Gasteiger partial charge in [-0.05, 0) is 33.9 Å². The lowest BCUT2D eigenvalue weighted by Gasteiger charge is -2.26. The number of carbonyl (C=O) groups is 1. The van der Waals surface area contributed by atoms with Crippen molar-refractivity contribution in [2.24, 2.45) is 0 Å².